The fourth-order valence-corrected chi connectivity index (χ4v) is 3.48. The van der Waals surface area contributed by atoms with Crippen LogP contribution in [0.15, 0.2) is 46.9 Å². The van der Waals surface area contributed by atoms with Crippen LogP contribution in [0.25, 0.3) is 0 Å². The number of nitrogens with one attached hydrogen (secondary N) is 2. The Morgan fingerprint density at radius 3 is 2.65 bits per heavy atom. The van der Waals surface area contributed by atoms with Gasteiger partial charge in [0.15, 0.2) is 0 Å². The molecule has 1 fully saturated rings. The molecule has 0 atom stereocenters. The largest absolute Gasteiger partial charge is 0.489 e. The maximum absolute atomic E-state index is 6.09. The third kappa shape index (κ3) is 6.09. The van der Waals surface area contributed by atoms with Crippen LogP contribution >= 0.6 is 15.9 Å². The van der Waals surface area contributed by atoms with E-state index in [1.807, 2.05) is 12.1 Å². The highest BCUT2D eigenvalue weighted by Crippen LogP contribution is 2.24. The van der Waals surface area contributed by atoms with Gasteiger partial charge in [-0.15, -0.1) is 0 Å². The Bertz CT molecular complexity index is 684. The summed E-state index contributed by atoms with van der Waals surface area (Å²) in [5, 5.41) is 6.95. The van der Waals surface area contributed by atoms with E-state index < -0.39 is 0 Å². The number of rotatable bonds is 8. The van der Waals surface area contributed by atoms with E-state index in [1.54, 1.807) is 0 Å². The van der Waals surface area contributed by atoms with Crippen molar-refractivity contribution in [2.45, 2.75) is 20.1 Å². The topological polar surface area (TPSA) is 36.5 Å². The van der Waals surface area contributed by atoms with Gasteiger partial charge in [-0.1, -0.05) is 45.8 Å². The van der Waals surface area contributed by atoms with Gasteiger partial charge in [-0.25, -0.2) is 0 Å². The molecule has 1 heterocycles. The molecule has 140 valence electrons. The fourth-order valence-electron chi connectivity index (χ4n) is 3.07. The van der Waals surface area contributed by atoms with Crippen LogP contribution in [0.5, 0.6) is 5.75 Å². The Hall–Kier alpha value is -1.40. The first-order valence-electron chi connectivity index (χ1n) is 9.31. The zero-order valence-electron chi connectivity index (χ0n) is 15.4. The Morgan fingerprint density at radius 1 is 1.12 bits per heavy atom. The average Bonchev–Trinajstić information content (AvgIpc) is 2.67. The highest BCUT2D eigenvalue weighted by molar-refractivity contribution is 9.10. The molecule has 0 spiro atoms. The normalized spacial score (nSPS) is 15.2. The van der Waals surface area contributed by atoms with Crippen molar-refractivity contribution in [1.29, 1.82) is 0 Å². The molecule has 0 bridgehead atoms. The summed E-state index contributed by atoms with van der Waals surface area (Å²) < 4.78 is 7.17. The van der Waals surface area contributed by atoms with Gasteiger partial charge in [0.25, 0.3) is 0 Å². The molecular formula is C21H28BrN3O. The Kier molecular flexibility index (Phi) is 7.50. The van der Waals surface area contributed by atoms with Gasteiger partial charge in [-0.2, -0.15) is 0 Å². The van der Waals surface area contributed by atoms with Gasteiger partial charge >= 0.3 is 0 Å². The Balaban J connectivity index is 1.50. The summed E-state index contributed by atoms with van der Waals surface area (Å²) in [6.07, 6.45) is 0. The maximum Gasteiger partial charge on any atom is 0.124 e. The van der Waals surface area contributed by atoms with Crippen LogP contribution < -0.4 is 15.4 Å². The average molecular weight is 418 g/mol. The summed E-state index contributed by atoms with van der Waals surface area (Å²) >= 11 is 3.57. The van der Waals surface area contributed by atoms with E-state index in [0.29, 0.717) is 6.61 Å². The highest BCUT2D eigenvalue weighted by atomic mass is 79.9. The van der Waals surface area contributed by atoms with E-state index in [4.69, 9.17) is 4.74 Å². The molecule has 4 nitrogen and oxygen atoms in total. The molecule has 0 aliphatic carbocycles. The summed E-state index contributed by atoms with van der Waals surface area (Å²) in [6.45, 7) is 10.1. The molecule has 2 aromatic rings. The minimum absolute atomic E-state index is 0.593. The van der Waals surface area contributed by atoms with Crippen molar-refractivity contribution in [3.05, 3.63) is 63.6 Å². The van der Waals surface area contributed by atoms with Gasteiger partial charge in [0.1, 0.15) is 12.4 Å². The van der Waals surface area contributed by atoms with Crippen LogP contribution in [-0.4, -0.2) is 44.2 Å². The van der Waals surface area contributed by atoms with Gasteiger partial charge in [0, 0.05) is 55.8 Å². The molecule has 0 unspecified atom stereocenters. The summed E-state index contributed by atoms with van der Waals surface area (Å²) in [6, 6.07) is 14.7. The molecule has 0 aromatic heterocycles. The lowest BCUT2D eigenvalue weighted by Crippen LogP contribution is -2.45. The van der Waals surface area contributed by atoms with Gasteiger partial charge in [0.05, 0.1) is 0 Å². The van der Waals surface area contributed by atoms with Crippen molar-refractivity contribution < 1.29 is 4.74 Å². The number of nitrogens with zero attached hydrogens (tertiary/aromatic N) is 1. The molecule has 1 aliphatic heterocycles. The van der Waals surface area contributed by atoms with Crippen molar-refractivity contribution in [3.8, 4) is 5.75 Å². The van der Waals surface area contributed by atoms with Gasteiger partial charge in [-0.05, 0) is 30.7 Å². The summed E-state index contributed by atoms with van der Waals surface area (Å²) in [4.78, 5) is 2.50. The van der Waals surface area contributed by atoms with E-state index in [1.165, 1.54) is 16.7 Å². The number of aryl methyl sites for hydroxylation is 1. The van der Waals surface area contributed by atoms with Crippen molar-refractivity contribution in [1.82, 2.24) is 15.5 Å². The van der Waals surface area contributed by atoms with Crippen LogP contribution in [0, 0.1) is 6.92 Å². The van der Waals surface area contributed by atoms with Crippen LogP contribution in [0.4, 0.5) is 0 Å². The fraction of sp³-hybridized carbons (Fsp3) is 0.429. The standard InChI is InChI=1S/C21H28BrN3O/c1-17-2-4-18(5-3-17)16-26-21-7-6-20(22)14-19(21)15-24-10-13-25-11-8-23-9-12-25/h2-7,14,23-24H,8-13,15-16H2,1H3. The number of benzene rings is 2. The Morgan fingerprint density at radius 2 is 1.88 bits per heavy atom. The van der Waals surface area contributed by atoms with E-state index in [9.17, 15) is 0 Å². The molecule has 26 heavy (non-hydrogen) atoms. The lowest BCUT2D eigenvalue weighted by Gasteiger charge is -2.27. The highest BCUT2D eigenvalue weighted by Gasteiger charge is 2.09. The minimum atomic E-state index is 0.593. The zero-order valence-corrected chi connectivity index (χ0v) is 17.0. The molecule has 0 radical (unpaired) electrons. The monoisotopic (exact) mass is 417 g/mol. The van der Waals surface area contributed by atoms with Crippen molar-refractivity contribution in [2.24, 2.45) is 0 Å². The molecular weight excluding hydrogens is 390 g/mol. The molecule has 0 saturated carbocycles. The zero-order chi connectivity index (χ0) is 18.2. The SMILES string of the molecule is Cc1ccc(COc2ccc(Br)cc2CNCCN2CCNCC2)cc1. The molecule has 1 saturated heterocycles. The maximum atomic E-state index is 6.09. The number of piperazine rings is 1. The first-order valence-corrected chi connectivity index (χ1v) is 10.1. The van der Waals surface area contributed by atoms with Crippen LogP contribution in [0.3, 0.4) is 0 Å². The van der Waals surface area contributed by atoms with Crippen LogP contribution in [0.1, 0.15) is 16.7 Å². The summed E-state index contributed by atoms with van der Waals surface area (Å²) in [7, 11) is 0. The molecule has 3 rings (SSSR count). The third-order valence-electron chi connectivity index (χ3n) is 4.67. The predicted octanol–water partition coefficient (Wildman–Crippen LogP) is 3.33. The summed E-state index contributed by atoms with van der Waals surface area (Å²) in [5.74, 6) is 0.948. The third-order valence-corrected chi connectivity index (χ3v) is 5.16. The van der Waals surface area contributed by atoms with Crippen molar-refractivity contribution in [3.63, 3.8) is 0 Å². The van der Waals surface area contributed by atoms with E-state index in [2.05, 4.69) is 68.7 Å². The van der Waals surface area contributed by atoms with E-state index >= 15 is 0 Å². The predicted molar refractivity (Wildman–Crippen MR) is 111 cm³/mol. The first kappa shape index (κ1) is 19.4. The lowest BCUT2D eigenvalue weighted by atomic mass is 10.1. The first-order chi connectivity index (χ1) is 12.7. The second-order valence-electron chi connectivity index (χ2n) is 6.79. The summed E-state index contributed by atoms with van der Waals surface area (Å²) in [5.41, 5.74) is 3.65. The minimum Gasteiger partial charge on any atom is -0.489 e. The molecule has 1 aliphatic rings. The van der Waals surface area contributed by atoms with Gasteiger partial charge < -0.3 is 15.4 Å². The number of halogens is 1. The van der Waals surface area contributed by atoms with E-state index in [-0.39, 0.29) is 0 Å². The number of hydrogen-bond acceptors (Lipinski definition) is 4. The molecule has 2 N–H and O–H groups in total. The second-order valence-corrected chi connectivity index (χ2v) is 7.71. The Labute approximate surface area is 165 Å². The van der Waals surface area contributed by atoms with E-state index in [0.717, 1.165) is 56.0 Å². The lowest BCUT2D eigenvalue weighted by molar-refractivity contribution is 0.240. The van der Waals surface area contributed by atoms with Gasteiger partial charge in [0.2, 0.25) is 0 Å². The van der Waals surface area contributed by atoms with Gasteiger partial charge in [-0.3, -0.25) is 4.90 Å². The van der Waals surface area contributed by atoms with Crippen molar-refractivity contribution >= 4 is 15.9 Å². The van der Waals surface area contributed by atoms with Crippen molar-refractivity contribution in [2.75, 3.05) is 39.3 Å². The van der Waals surface area contributed by atoms with Crippen LogP contribution in [0.2, 0.25) is 0 Å². The number of ether oxygens (including phenoxy) is 1. The molecule has 5 heteroatoms. The molecule has 2 aromatic carbocycles. The molecule has 0 amide bonds. The quantitative estimate of drug-likeness (QED) is 0.645. The smallest absolute Gasteiger partial charge is 0.124 e. The van der Waals surface area contributed by atoms with Crippen LogP contribution in [-0.2, 0) is 13.2 Å². The number of hydrogen-bond donors (Lipinski definition) is 2. The second kappa shape index (κ2) is 10.1.